The van der Waals surface area contributed by atoms with Gasteiger partial charge in [0.2, 0.25) is 0 Å². The molecule has 0 aromatic carbocycles. The lowest BCUT2D eigenvalue weighted by Gasteiger charge is -2.19. The number of fused-ring (bicyclic) bond motifs is 1. The van der Waals surface area contributed by atoms with Crippen LogP contribution in [0.5, 0.6) is 0 Å². The molecule has 0 aliphatic heterocycles. The van der Waals surface area contributed by atoms with Crippen molar-refractivity contribution in [2.24, 2.45) is 10.9 Å². The maximum atomic E-state index is 10.9. The zero-order chi connectivity index (χ0) is 19.6. The Bertz CT molecular complexity index is 899. The summed E-state index contributed by atoms with van der Waals surface area (Å²) in [5.41, 5.74) is 4.00. The summed E-state index contributed by atoms with van der Waals surface area (Å²) in [5, 5.41) is 14.3. The van der Waals surface area contributed by atoms with Crippen molar-refractivity contribution < 1.29 is 9.90 Å². The number of aryl methyl sites for hydroxylation is 1. The van der Waals surface area contributed by atoms with Crippen LogP contribution in [0.4, 0.5) is 0 Å². The Morgan fingerprint density at radius 1 is 1.44 bits per heavy atom. The normalized spacial score (nSPS) is 21.3. The van der Waals surface area contributed by atoms with Crippen molar-refractivity contribution in [2.75, 3.05) is 7.05 Å². The van der Waals surface area contributed by atoms with Crippen LogP contribution in [0.1, 0.15) is 43.8 Å². The van der Waals surface area contributed by atoms with E-state index in [1.54, 1.807) is 18.4 Å². The monoisotopic (exact) mass is 386 g/mol. The first kappa shape index (κ1) is 19.6. The number of carbonyl (C=O) groups excluding carboxylic acids is 1. The van der Waals surface area contributed by atoms with Crippen LogP contribution in [-0.4, -0.2) is 46.4 Å². The average Bonchev–Trinajstić information content (AvgIpc) is 3.28. The minimum Gasteiger partial charge on any atom is -0.385 e. The van der Waals surface area contributed by atoms with Crippen LogP contribution < -0.4 is 5.32 Å². The van der Waals surface area contributed by atoms with Crippen LogP contribution in [0.15, 0.2) is 22.8 Å². The number of hydrogen-bond acceptors (Lipinski definition) is 6. The molecule has 1 saturated carbocycles. The molecule has 3 rings (SSSR count). The van der Waals surface area contributed by atoms with E-state index in [9.17, 15) is 9.90 Å². The lowest BCUT2D eigenvalue weighted by Crippen LogP contribution is -2.34. The van der Waals surface area contributed by atoms with Gasteiger partial charge in [-0.05, 0) is 52.0 Å². The van der Waals surface area contributed by atoms with Crippen molar-refractivity contribution in [1.82, 2.24) is 15.3 Å². The summed E-state index contributed by atoms with van der Waals surface area (Å²) in [6.07, 6.45) is 4.09. The van der Waals surface area contributed by atoms with E-state index in [1.165, 1.54) is 0 Å². The number of nitrogens with zero attached hydrogens (tertiary/aromatic N) is 3. The van der Waals surface area contributed by atoms with Crippen molar-refractivity contribution in [3.05, 3.63) is 28.5 Å². The number of aliphatic imine (C=N–C) groups is 1. The van der Waals surface area contributed by atoms with Gasteiger partial charge in [0.15, 0.2) is 0 Å². The van der Waals surface area contributed by atoms with Crippen LogP contribution in [-0.2, 0) is 4.79 Å². The first-order valence-corrected chi connectivity index (χ1v) is 10.0. The second-order valence-electron chi connectivity index (χ2n) is 7.25. The first-order chi connectivity index (χ1) is 12.9. The zero-order valence-electron chi connectivity index (χ0n) is 16.2. The number of pyridine rings is 1. The molecule has 2 N–H and O–H groups in total. The van der Waals surface area contributed by atoms with Crippen LogP contribution in [0, 0.1) is 12.8 Å². The van der Waals surface area contributed by atoms with Crippen molar-refractivity contribution in [3.63, 3.8) is 0 Å². The number of rotatable bonds is 5. The number of hydrogen-bond donors (Lipinski definition) is 2. The number of aliphatic hydroxyl groups is 1. The quantitative estimate of drug-likeness (QED) is 0.468. The Morgan fingerprint density at radius 3 is 2.85 bits per heavy atom. The number of amidine groups is 1. The standard InChI is InChI=1S/C20H26N4O2S/c1-11(2)17(20-24-18-12(3)22-8-7-16(18)27-20)19(21-4)23-14-6-5-13(9-14)15(26)10-25/h7-8,10,13-15,26H,5-6,9H2,1-4H3,(H,21,23). The fourth-order valence-electron chi connectivity index (χ4n) is 3.65. The van der Waals surface area contributed by atoms with Crippen molar-refractivity contribution >= 4 is 39.2 Å². The Labute approximate surface area is 163 Å². The molecular weight excluding hydrogens is 360 g/mol. The molecule has 0 saturated heterocycles. The lowest BCUT2D eigenvalue weighted by atomic mass is 10.0. The summed E-state index contributed by atoms with van der Waals surface area (Å²) in [6.45, 7) is 6.10. The second-order valence-corrected chi connectivity index (χ2v) is 8.28. The van der Waals surface area contributed by atoms with Gasteiger partial charge in [0, 0.05) is 19.3 Å². The van der Waals surface area contributed by atoms with Gasteiger partial charge in [-0.25, -0.2) is 4.98 Å². The summed E-state index contributed by atoms with van der Waals surface area (Å²) < 4.78 is 1.11. The fourth-order valence-corrected chi connectivity index (χ4v) is 4.82. The van der Waals surface area contributed by atoms with Crippen LogP contribution in [0.3, 0.4) is 0 Å². The molecule has 0 radical (unpaired) electrons. The molecule has 2 heterocycles. The van der Waals surface area contributed by atoms with Crippen molar-refractivity contribution in [1.29, 1.82) is 0 Å². The highest BCUT2D eigenvalue weighted by Crippen LogP contribution is 2.32. The van der Waals surface area contributed by atoms with Gasteiger partial charge in [-0.2, -0.15) is 0 Å². The zero-order valence-corrected chi connectivity index (χ0v) is 17.0. The summed E-state index contributed by atoms with van der Waals surface area (Å²) in [6, 6.07) is 2.18. The van der Waals surface area contributed by atoms with E-state index in [0.29, 0.717) is 6.29 Å². The highest BCUT2D eigenvalue weighted by Gasteiger charge is 2.31. The van der Waals surface area contributed by atoms with E-state index in [1.807, 2.05) is 19.2 Å². The first-order valence-electron chi connectivity index (χ1n) is 9.21. The Hall–Kier alpha value is -2.12. The minimum atomic E-state index is -0.874. The smallest absolute Gasteiger partial charge is 0.148 e. The molecule has 3 atom stereocenters. The number of thiazole rings is 1. The minimum absolute atomic E-state index is 0.0180. The molecule has 2 aromatic rings. The molecule has 6 nitrogen and oxygen atoms in total. The molecular formula is C20H26N4O2S. The largest absolute Gasteiger partial charge is 0.385 e. The van der Waals surface area contributed by atoms with Gasteiger partial charge in [-0.1, -0.05) is 5.57 Å². The van der Waals surface area contributed by atoms with Gasteiger partial charge in [0.1, 0.15) is 28.8 Å². The topological polar surface area (TPSA) is 87.5 Å². The van der Waals surface area contributed by atoms with Crippen molar-refractivity contribution in [3.8, 4) is 0 Å². The molecule has 0 amide bonds. The van der Waals surface area contributed by atoms with E-state index in [4.69, 9.17) is 4.98 Å². The molecule has 1 aliphatic carbocycles. The fraction of sp³-hybridized carbons (Fsp3) is 0.500. The summed E-state index contributed by atoms with van der Waals surface area (Å²) in [7, 11) is 1.78. The molecule has 1 fully saturated rings. The summed E-state index contributed by atoms with van der Waals surface area (Å²) in [5.74, 6) is 0.829. The summed E-state index contributed by atoms with van der Waals surface area (Å²) >= 11 is 1.64. The maximum absolute atomic E-state index is 10.9. The predicted octanol–water partition coefficient (Wildman–Crippen LogP) is 3.14. The number of aldehydes is 1. The molecule has 144 valence electrons. The third-order valence-corrected chi connectivity index (χ3v) is 6.14. The maximum Gasteiger partial charge on any atom is 0.148 e. The number of carbonyl (C=O) groups is 1. The van der Waals surface area contributed by atoms with E-state index in [0.717, 1.165) is 57.2 Å². The molecule has 1 aliphatic rings. The number of aromatic nitrogens is 2. The van der Waals surface area contributed by atoms with E-state index >= 15 is 0 Å². The van der Waals surface area contributed by atoms with Crippen molar-refractivity contribution in [2.45, 2.75) is 52.2 Å². The van der Waals surface area contributed by atoms with Gasteiger partial charge in [-0.15, -0.1) is 11.3 Å². The number of aliphatic hydroxyl groups excluding tert-OH is 1. The SMILES string of the molecule is CN=C(NC1CCC(C(O)C=O)C1)C(=C(C)C)c1nc2c(C)nccc2s1. The average molecular weight is 387 g/mol. The van der Waals surface area contributed by atoms with Gasteiger partial charge < -0.3 is 15.2 Å². The van der Waals surface area contributed by atoms with Crippen LogP contribution in [0.2, 0.25) is 0 Å². The number of nitrogens with one attached hydrogen (secondary N) is 1. The van der Waals surface area contributed by atoms with Gasteiger partial charge in [-0.3, -0.25) is 9.98 Å². The van der Waals surface area contributed by atoms with Crippen LogP contribution in [0.25, 0.3) is 15.8 Å². The van der Waals surface area contributed by atoms with Crippen LogP contribution >= 0.6 is 11.3 Å². The molecule has 3 unspecified atom stereocenters. The third-order valence-electron chi connectivity index (χ3n) is 5.10. The number of allylic oxidation sites excluding steroid dienone is 1. The highest BCUT2D eigenvalue weighted by atomic mass is 32.1. The molecule has 0 spiro atoms. The lowest BCUT2D eigenvalue weighted by molar-refractivity contribution is -0.117. The van der Waals surface area contributed by atoms with E-state index < -0.39 is 6.10 Å². The molecule has 7 heteroatoms. The summed E-state index contributed by atoms with van der Waals surface area (Å²) in [4.78, 5) is 24.5. The Morgan fingerprint density at radius 2 is 2.22 bits per heavy atom. The van der Waals surface area contributed by atoms with Gasteiger partial charge >= 0.3 is 0 Å². The predicted molar refractivity (Wildman–Crippen MR) is 110 cm³/mol. The Balaban J connectivity index is 1.86. The highest BCUT2D eigenvalue weighted by molar-refractivity contribution is 7.19. The molecule has 0 bridgehead atoms. The van der Waals surface area contributed by atoms with E-state index in [2.05, 4.69) is 29.1 Å². The third kappa shape index (κ3) is 4.09. The second kappa shape index (κ2) is 8.27. The van der Waals surface area contributed by atoms with Gasteiger partial charge in [0.25, 0.3) is 0 Å². The van der Waals surface area contributed by atoms with E-state index in [-0.39, 0.29) is 12.0 Å². The van der Waals surface area contributed by atoms with Gasteiger partial charge in [0.05, 0.1) is 16.0 Å². The molecule has 2 aromatic heterocycles. The Kier molecular flexibility index (Phi) is 6.01. The molecule has 27 heavy (non-hydrogen) atoms.